The molecule has 33 heavy (non-hydrogen) atoms. The van der Waals surface area contributed by atoms with E-state index < -0.39 is 15.3 Å². The number of nitrogens with two attached hydrogens (primary N) is 1. The number of anilines is 1. The molecule has 1 atom stereocenters. The second-order valence-corrected chi connectivity index (χ2v) is 10.7. The van der Waals surface area contributed by atoms with Crippen LogP contribution in [0.15, 0.2) is 58.6 Å². The quantitative estimate of drug-likeness (QED) is 0.441. The average molecular weight is 490 g/mol. The Bertz CT molecular complexity index is 1210. The van der Waals surface area contributed by atoms with Crippen LogP contribution in [-0.2, 0) is 21.4 Å². The summed E-state index contributed by atoms with van der Waals surface area (Å²) in [6, 6.07) is 13.3. The standard InChI is InChI=1S/C22H27N5O4S2/c1-14(2)13-27-20(16-5-9-18(31-4)10-6-16)25-26-22(27)32-15(3)21(28)24-17-7-11-19(12-8-17)33(23,29)30/h5-12,14-15H,13H2,1-4H3,(H,24,28)(H2,23,29,30)/t15-/m1/s1. The number of nitrogens with one attached hydrogen (secondary N) is 1. The molecule has 11 heteroatoms. The van der Waals surface area contributed by atoms with E-state index in [1.54, 1.807) is 14.0 Å². The maximum absolute atomic E-state index is 12.7. The molecule has 9 nitrogen and oxygen atoms in total. The summed E-state index contributed by atoms with van der Waals surface area (Å²) in [5, 5.41) is 16.8. The van der Waals surface area contributed by atoms with Crippen molar-refractivity contribution in [3.05, 3.63) is 48.5 Å². The summed E-state index contributed by atoms with van der Waals surface area (Å²) in [6.07, 6.45) is 0. The van der Waals surface area contributed by atoms with Crippen molar-refractivity contribution in [1.82, 2.24) is 14.8 Å². The van der Waals surface area contributed by atoms with E-state index in [1.165, 1.54) is 36.0 Å². The molecular formula is C22H27N5O4S2. The van der Waals surface area contributed by atoms with Crippen LogP contribution >= 0.6 is 11.8 Å². The van der Waals surface area contributed by atoms with Gasteiger partial charge in [-0.3, -0.25) is 4.79 Å². The number of carbonyl (C=O) groups excluding carboxylic acids is 1. The monoisotopic (exact) mass is 489 g/mol. The Morgan fingerprint density at radius 3 is 2.27 bits per heavy atom. The fourth-order valence-corrected chi connectivity index (χ4v) is 4.42. The third-order valence-electron chi connectivity index (χ3n) is 4.71. The van der Waals surface area contributed by atoms with Crippen molar-refractivity contribution in [2.24, 2.45) is 11.1 Å². The molecule has 1 heterocycles. The number of ether oxygens (including phenoxy) is 1. The van der Waals surface area contributed by atoms with Crippen molar-refractivity contribution < 1.29 is 17.9 Å². The average Bonchev–Trinajstić information content (AvgIpc) is 3.14. The van der Waals surface area contributed by atoms with Crippen molar-refractivity contribution in [2.75, 3.05) is 12.4 Å². The minimum absolute atomic E-state index is 0.0178. The number of methoxy groups -OCH3 is 1. The SMILES string of the molecule is COc1ccc(-c2nnc(S[C@H](C)C(=O)Nc3ccc(S(N)(=O)=O)cc3)n2CC(C)C)cc1. The van der Waals surface area contributed by atoms with Crippen LogP contribution in [0.5, 0.6) is 5.75 Å². The molecule has 1 amide bonds. The number of benzene rings is 2. The lowest BCUT2D eigenvalue weighted by Gasteiger charge is -2.15. The Morgan fingerprint density at radius 1 is 1.09 bits per heavy atom. The molecule has 1 aromatic heterocycles. The van der Waals surface area contributed by atoms with Gasteiger partial charge in [-0.2, -0.15) is 0 Å². The van der Waals surface area contributed by atoms with Gasteiger partial charge in [0.1, 0.15) is 5.75 Å². The second-order valence-electron chi connectivity index (χ2n) is 7.86. The van der Waals surface area contributed by atoms with Crippen molar-refractivity contribution in [3.8, 4) is 17.1 Å². The van der Waals surface area contributed by atoms with E-state index in [0.717, 1.165) is 17.1 Å². The fraction of sp³-hybridized carbons (Fsp3) is 0.318. The summed E-state index contributed by atoms with van der Waals surface area (Å²) in [7, 11) is -2.17. The summed E-state index contributed by atoms with van der Waals surface area (Å²) in [5.41, 5.74) is 1.38. The number of thioether (sulfide) groups is 1. The summed E-state index contributed by atoms with van der Waals surface area (Å²) in [4.78, 5) is 12.7. The number of hydrogen-bond acceptors (Lipinski definition) is 7. The number of amides is 1. The Labute approximate surface area is 197 Å². The predicted octanol–water partition coefficient (Wildman–Crippen LogP) is 3.38. The lowest BCUT2D eigenvalue weighted by molar-refractivity contribution is -0.115. The van der Waals surface area contributed by atoms with Gasteiger partial charge >= 0.3 is 0 Å². The van der Waals surface area contributed by atoms with Crippen LogP contribution in [0.4, 0.5) is 5.69 Å². The molecule has 176 valence electrons. The van der Waals surface area contributed by atoms with E-state index in [0.29, 0.717) is 23.3 Å². The summed E-state index contributed by atoms with van der Waals surface area (Å²) in [5.74, 6) is 1.58. The van der Waals surface area contributed by atoms with Gasteiger partial charge in [-0.25, -0.2) is 13.6 Å². The van der Waals surface area contributed by atoms with Crippen LogP contribution in [0.25, 0.3) is 11.4 Å². The highest BCUT2D eigenvalue weighted by molar-refractivity contribution is 8.00. The molecule has 0 unspecified atom stereocenters. The predicted molar refractivity (Wildman–Crippen MR) is 129 cm³/mol. The Morgan fingerprint density at radius 2 is 1.73 bits per heavy atom. The van der Waals surface area contributed by atoms with Gasteiger partial charge in [0, 0.05) is 17.8 Å². The van der Waals surface area contributed by atoms with Gasteiger partial charge in [-0.1, -0.05) is 25.6 Å². The first-order valence-corrected chi connectivity index (χ1v) is 12.7. The summed E-state index contributed by atoms with van der Waals surface area (Å²) >= 11 is 1.31. The molecule has 0 aliphatic carbocycles. The number of aromatic nitrogens is 3. The van der Waals surface area contributed by atoms with Crippen LogP contribution in [0.2, 0.25) is 0 Å². The van der Waals surface area contributed by atoms with Crippen LogP contribution in [0, 0.1) is 5.92 Å². The molecular weight excluding hydrogens is 462 g/mol. The molecule has 0 bridgehead atoms. The first-order valence-electron chi connectivity index (χ1n) is 10.3. The molecule has 0 saturated carbocycles. The van der Waals surface area contributed by atoms with Crippen molar-refractivity contribution >= 4 is 33.4 Å². The topological polar surface area (TPSA) is 129 Å². The number of carbonyl (C=O) groups is 1. The highest BCUT2D eigenvalue weighted by Crippen LogP contribution is 2.29. The van der Waals surface area contributed by atoms with Gasteiger partial charge < -0.3 is 14.6 Å². The van der Waals surface area contributed by atoms with Crippen LogP contribution in [0.3, 0.4) is 0 Å². The van der Waals surface area contributed by atoms with Crippen LogP contribution < -0.4 is 15.2 Å². The zero-order chi connectivity index (χ0) is 24.2. The highest BCUT2D eigenvalue weighted by atomic mass is 32.2. The number of hydrogen-bond donors (Lipinski definition) is 2. The molecule has 3 aromatic rings. The van der Waals surface area contributed by atoms with Gasteiger partial charge in [0.2, 0.25) is 15.9 Å². The number of rotatable bonds is 9. The molecule has 0 fully saturated rings. The van der Waals surface area contributed by atoms with Crippen LogP contribution in [-0.4, -0.2) is 41.4 Å². The van der Waals surface area contributed by atoms with E-state index >= 15 is 0 Å². The highest BCUT2D eigenvalue weighted by Gasteiger charge is 2.22. The lowest BCUT2D eigenvalue weighted by Crippen LogP contribution is -2.23. The minimum Gasteiger partial charge on any atom is -0.497 e. The Hall–Kier alpha value is -2.89. The summed E-state index contributed by atoms with van der Waals surface area (Å²) in [6.45, 7) is 6.68. The van der Waals surface area contributed by atoms with Crippen molar-refractivity contribution in [2.45, 2.75) is 42.6 Å². The van der Waals surface area contributed by atoms with E-state index in [2.05, 4.69) is 29.4 Å². The van der Waals surface area contributed by atoms with Gasteiger partial charge in [-0.15, -0.1) is 10.2 Å². The third-order valence-corrected chi connectivity index (χ3v) is 6.72. The molecule has 0 spiro atoms. The van der Waals surface area contributed by atoms with Crippen LogP contribution in [0.1, 0.15) is 20.8 Å². The van der Waals surface area contributed by atoms with E-state index in [-0.39, 0.29) is 10.8 Å². The first-order chi connectivity index (χ1) is 15.6. The molecule has 2 aromatic carbocycles. The molecule has 0 aliphatic rings. The maximum atomic E-state index is 12.7. The van der Waals surface area contributed by atoms with Crippen molar-refractivity contribution in [3.63, 3.8) is 0 Å². The smallest absolute Gasteiger partial charge is 0.238 e. The largest absolute Gasteiger partial charge is 0.497 e. The van der Waals surface area contributed by atoms with E-state index in [1.807, 2.05) is 28.8 Å². The van der Waals surface area contributed by atoms with Gasteiger partial charge in [0.05, 0.1) is 17.3 Å². The van der Waals surface area contributed by atoms with E-state index in [4.69, 9.17) is 9.88 Å². The number of nitrogens with zero attached hydrogens (tertiary/aromatic N) is 3. The zero-order valence-corrected chi connectivity index (χ0v) is 20.5. The molecule has 0 saturated heterocycles. The molecule has 3 rings (SSSR count). The number of sulfonamides is 1. The lowest BCUT2D eigenvalue weighted by atomic mass is 10.2. The second kappa shape index (κ2) is 10.4. The maximum Gasteiger partial charge on any atom is 0.238 e. The zero-order valence-electron chi connectivity index (χ0n) is 18.8. The van der Waals surface area contributed by atoms with Crippen molar-refractivity contribution in [1.29, 1.82) is 0 Å². The molecule has 3 N–H and O–H groups in total. The molecule has 0 radical (unpaired) electrons. The number of primary sulfonamides is 1. The third kappa shape index (κ3) is 6.34. The van der Waals surface area contributed by atoms with Gasteiger partial charge in [0.25, 0.3) is 0 Å². The first kappa shape index (κ1) is 24.7. The Balaban J connectivity index is 1.77. The van der Waals surface area contributed by atoms with Gasteiger partial charge in [0.15, 0.2) is 11.0 Å². The van der Waals surface area contributed by atoms with Gasteiger partial charge in [-0.05, 0) is 61.4 Å². The summed E-state index contributed by atoms with van der Waals surface area (Å²) < 4.78 is 30.0. The fourth-order valence-electron chi connectivity index (χ4n) is 3.04. The normalized spacial score (nSPS) is 12.5. The molecule has 0 aliphatic heterocycles. The minimum atomic E-state index is -3.79. The Kier molecular flexibility index (Phi) is 7.77. The van der Waals surface area contributed by atoms with E-state index in [9.17, 15) is 13.2 Å².